The van der Waals surface area contributed by atoms with Gasteiger partial charge in [-0.2, -0.15) is 0 Å². The summed E-state index contributed by atoms with van der Waals surface area (Å²) < 4.78 is 18.3. The lowest BCUT2D eigenvalue weighted by atomic mass is 9.79. The van der Waals surface area contributed by atoms with Gasteiger partial charge in [-0.1, -0.05) is 25.0 Å². The summed E-state index contributed by atoms with van der Waals surface area (Å²) in [5, 5.41) is 4.73. The van der Waals surface area contributed by atoms with Crippen molar-refractivity contribution in [2.45, 2.75) is 31.1 Å². The zero-order valence-corrected chi connectivity index (χ0v) is 13.6. The number of esters is 1. The van der Waals surface area contributed by atoms with Crippen molar-refractivity contribution in [3.8, 4) is 0 Å². The number of halogens is 1. The van der Waals surface area contributed by atoms with Gasteiger partial charge in [0.25, 0.3) is 5.91 Å². The molecule has 2 amide bonds. The van der Waals surface area contributed by atoms with Gasteiger partial charge in [0.15, 0.2) is 6.61 Å². The van der Waals surface area contributed by atoms with E-state index in [1.54, 1.807) is 12.1 Å². The van der Waals surface area contributed by atoms with E-state index in [4.69, 9.17) is 4.74 Å². The van der Waals surface area contributed by atoms with Crippen LogP contribution in [0.5, 0.6) is 0 Å². The van der Waals surface area contributed by atoms with Gasteiger partial charge in [0.05, 0.1) is 12.0 Å². The molecule has 0 heterocycles. The van der Waals surface area contributed by atoms with E-state index in [1.165, 1.54) is 19.2 Å². The maximum absolute atomic E-state index is 13.1. The average Bonchev–Trinajstić information content (AvgIpc) is 3.09. The highest BCUT2D eigenvalue weighted by molar-refractivity contribution is 5.88. The van der Waals surface area contributed by atoms with Crippen LogP contribution in [-0.2, 0) is 24.5 Å². The second-order valence-corrected chi connectivity index (χ2v) is 5.82. The van der Waals surface area contributed by atoms with Gasteiger partial charge in [0.1, 0.15) is 5.82 Å². The van der Waals surface area contributed by atoms with Crippen LogP contribution < -0.4 is 10.6 Å². The van der Waals surface area contributed by atoms with Gasteiger partial charge in [-0.25, -0.2) is 4.39 Å². The van der Waals surface area contributed by atoms with Crippen LogP contribution >= 0.6 is 0 Å². The SMILES string of the molecule is CNC(=O)CNC(=O)COC(=O)C1(c2ccc(F)cc2)CCCC1. The monoisotopic (exact) mass is 336 g/mol. The molecule has 1 aliphatic rings. The average molecular weight is 336 g/mol. The summed E-state index contributed by atoms with van der Waals surface area (Å²) in [4.78, 5) is 35.3. The van der Waals surface area contributed by atoms with Crippen molar-refractivity contribution in [3.05, 3.63) is 35.6 Å². The van der Waals surface area contributed by atoms with Crippen LogP contribution in [0.4, 0.5) is 4.39 Å². The van der Waals surface area contributed by atoms with Gasteiger partial charge >= 0.3 is 5.97 Å². The van der Waals surface area contributed by atoms with Crippen molar-refractivity contribution in [2.24, 2.45) is 0 Å². The highest BCUT2D eigenvalue weighted by atomic mass is 19.1. The Labute approximate surface area is 139 Å². The Kier molecular flexibility index (Phi) is 5.89. The van der Waals surface area contributed by atoms with Gasteiger partial charge < -0.3 is 15.4 Å². The zero-order valence-electron chi connectivity index (χ0n) is 13.6. The summed E-state index contributed by atoms with van der Waals surface area (Å²) >= 11 is 0. The lowest BCUT2D eigenvalue weighted by Gasteiger charge is -2.27. The number of likely N-dealkylation sites (N-methyl/N-ethyl adjacent to an activating group) is 1. The topological polar surface area (TPSA) is 84.5 Å². The minimum Gasteiger partial charge on any atom is -0.455 e. The van der Waals surface area contributed by atoms with E-state index < -0.39 is 23.9 Å². The fraction of sp³-hybridized carbons (Fsp3) is 0.471. The molecule has 2 rings (SSSR count). The number of carbonyl (C=O) groups excluding carboxylic acids is 3. The molecule has 6 nitrogen and oxygen atoms in total. The Balaban J connectivity index is 1.98. The normalized spacial score (nSPS) is 15.6. The number of amides is 2. The fourth-order valence-corrected chi connectivity index (χ4v) is 2.95. The van der Waals surface area contributed by atoms with E-state index in [0.29, 0.717) is 18.4 Å². The molecule has 1 saturated carbocycles. The lowest BCUT2D eigenvalue weighted by molar-refractivity contribution is -0.154. The molecule has 1 aromatic carbocycles. The third-order valence-electron chi connectivity index (χ3n) is 4.30. The molecule has 0 unspecified atom stereocenters. The highest BCUT2D eigenvalue weighted by Gasteiger charge is 2.44. The molecule has 24 heavy (non-hydrogen) atoms. The molecule has 0 atom stereocenters. The number of rotatable bonds is 6. The van der Waals surface area contributed by atoms with E-state index in [-0.39, 0.29) is 18.3 Å². The molecule has 130 valence electrons. The molecule has 0 bridgehead atoms. The molecule has 1 aliphatic carbocycles. The lowest BCUT2D eigenvalue weighted by Crippen LogP contribution is -2.40. The van der Waals surface area contributed by atoms with Crippen molar-refractivity contribution in [2.75, 3.05) is 20.2 Å². The summed E-state index contributed by atoms with van der Waals surface area (Å²) in [5.74, 6) is -1.73. The van der Waals surface area contributed by atoms with Crippen LogP contribution in [0.1, 0.15) is 31.2 Å². The second-order valence-electron chi connectivity index (χ2n) is 5.82. The van der Waals surface area contributed by atoms with E-state index in [2.05, 4.69) is 10.6 Å². The number of hydrogen-bond donors (Lipinski definition) is 2. The molecule has 0 spiro atoms. The van der Waals surface area contributed by atoms with Gasteiger partial charge in [-0.05, 0) is 30.5 Å². The molecule has 0 aromatic heterocycles. The first-order valence-electron chi connectivity index (χ1n) is 7.88. The van der Waals surface area contributed by atoms with Crippen molar-refractivity contribution >= 4 is 17.8 Å². The molecule has 0 saturated heterocycles. The minimum atomic E-state index is -0.825. The molecule has 2 N–H and O–H groups in total. The third-order valence-corrected chi connectivity index (χ3v) is 4.30. The van der Waals surface area contributed by atoms with Gasteiger partial charge in [0.2, 0.25) is 5.91 Å². The predicted molar refractivity (Wildman–Crippen MR) is 84.6 cm³/mol. The van der Waals surface area contributed by atoms with Crippen molar-refractivity contribution in [3.63, 3.8) is 0 Å². The maximum Gasteiger partial charge on any atom is 0.317 e. The van der Waals surface area contributed by atoms with E-state index in [9.17, 15) is 18.8 Å². The van der Waals surface area contributed by atoms with Gasteiger partial charge in [-0.3, -0.25) is 14.4 Å². The van der Waals surface area contributed by atoms with Crippen LogP contribution in [0.3, 0.4) is 0 Å². The fourth-order valence-electron chi connectivity index (χ4n) is 2.95. The zero-order chi connectivity index (χ0) is 17.6. The molecular weight excluding hydrogens is 315 g/mol. The second kappa shape index (κ2) is 7.90. The van der Waals surface area contributed by atoms with Crippen molar-refractivity contribution in [1.82, 2.24) is 10.6 Å². The number of benzene rings is 1. The van der Waals surface area contributed by atoms with Crippen LogP contribution in [0.25, 0.3) is 0 Å². The number of ether oxygens (including phenoxy) is 1. The quantitative estimate of drug-likeness (QED) is 0.760. The van der Waals surface area contributed by atoms with Crippen LogP contribution in [-0.4, -0.2) is 38.0 Å². The standard InChI is InChI=1S/C17H21FN2O4/c1-19-14(21)10-20-15(22)11-24-16(23)17(8-2-3-9-17)12-4-6-13(18)7-5-12/h4-7H,2-3,8-11H2,1H3,(H,19,21)(H,20,22). The molecule has 1 fully saturated rings. The summed E-state index contributed by atoms with van der Waals surface area (Å²) in [7, 11) is 1.46. The largest absolute Gasteiger partial charge is 0.455 e. The first-order chi connectivity index (χ1) is 11.5. The number of hydrogen-bond acceptors (Lipinski definition) is 4. The first kappa shape index (κ1) is 17.9. The number of carbonyl (C=O) groups is 3. The molecule has 7 heteroatoms. The molecule has 0 radical (unpaired) electrons. The summed E-state index contributed by atoms with van der Waals surface area (Å²) in [6.45, 7) is -0.616. The Morgan fingerprint density at radius 1 is 1.12 bits per heavy atom. The summed E-state index contributed by atoms with van der Waals surface area (Å²) in [6, 6.07) is 5.82. The molecule has 0 aliphatic heterocycles. The summed E-state index contributed by atoms with van der Waals surface area (Å²) in [5.41, 5.74) is -0.119. The number of nitrogens with one attached hydrogen (secondary N) is 2. The minimum absolute atomic E-state index is 0.171. The molecule has 1 aromatic rings. The van der Waals surface area contributed by atoms with Gasteiger partial charge in [-0.15, -0.1) is 0 Å². The van der Waals surface area contributed by atoms with Crippen LogP contribution in [0, 0.1) is 5.82 Å². The summed E-state index contributed by atoms with van der Waals surface area (Å²) in [6.07, 6.45) is 2.96. The Morgan fingerprint density at radius 2 is 1.75 bits per heavy atom. The smallest absolute Gasteiger partial charge is 0.317 e. The predicted octanol–water partition coefficient (Wildman–Crippen LogP) is 1.04. The van der Waals surface area contributed by atoms with E-state index in [1.807, 2.05) is 0 Å². The Hall–Kier alpha value is -2.44. The Morgan fingerprint density at radius 3 is 2.33 bits per heavy atom. The highest BCUT2D eigenvalue weighted by Crippen LogP contribution is 2.42. The van der Waals surface area contributed by atoms with E-state index in [0.717, 1.165) is 12.8 Å². The third kappa shape index (κ3) is 4.10. The maximum atomic E-state index is 13.1. The van der Waals surface area contributed by atoms with Crippen LogP contribution in [0.2, 0.25) is 0 Å². The Bertz CT molecular complexity index is 610. The van der Waals surface area contributed by atoms with Crippen molar-refractivity contribution < 1.29 is 23.5 Å². The van der Waals surface area contributed by atoms with Crippen LogP contribution in [0.15, 0.2) is 24.3 Å². The van der Waals surface area contributed by atoms with Crippen molar-refractivity contribution in [1.29, 1.82) is 0 Å². The first-order valence-corrected chi connectivity index (χ1v) is 7.88. The molecular formula is C17H21FN2O4. The van der Waals surface area contributed by atoms with Gasteiger partial charge in [0, 0.05) is 7.05 Å². The van der Waals surface area contributed by atoms with E-state index >= 15 is 0 Å².